The first-order chi connectivity index (χ1) is 16.4. The van der Waals surface area contributed by atoms with Crippen LogP contribution in [0.25, 0.3) is 6.08 Å². The number of allylic oxidation sites excluding steroid dienone is 1. The van der Waals surface area contributed by atoms with Crippen molar-refractivity contribution in [3.8, 4) is 5.75 Å². The number of fused-ring (bicyclic) bond motifs is 1. The van der Waals surface area contributed by atoms with Gasteiger partial charge in [0.15, 0.2) is 8.57 Å². The molecule has 4 rings (SSSR count). The minimum absolute atomic E-state index is 0.225. The molecule has 1 aliphatic rings. The molecule has 1 aromatic carbocycles. The third kappa shape index (κ3) is 4.80. The van der Waals surface area contributed by atoms with Gasteiger partial charge in [0, 0.05) is 28.7 Å². The third-order valence-corrected chi connectivity index (χ3v) is 8.35. The van der Waals surface area contributed by atoms with Crippen molar-refractivity contribution < 1.29 is 18.7 Å². The van der Waals surface area contributed by atoms with Gasteiger partial charge in [-0.05, 0) is 53.0 Å². The van der Waals surface area contributed by atoms with Crippen LogP contribution in [0, 0.1) is 3.77 Å². The second-order valence-corrected chi connectivity index (χ2v) is 10.3. The molecule has 7 nitrogen and oxygen atoms in total. The van der Waals surface area contributed by atoms with Crippen LogP contribution in [-0.2, 0) is 9.53 Å². The molecular weight excluding hydrogens is 635 g/mol. The maximum absolute atomic E-state index is 13.7. The average Bonchev–Trinajstić information content (AvgIpc) is 3.30. The summed E-state index contributed by atoms with van der Waals surface area (Å²) in [7, 11) is 1.58. The Balaban J connectivity index is 2.00. The number of halogens is 2. The van der Waals surface area contributed by atoms with Gasteiger partial charge in [0.2, 0.25) is 0 Å². The monoisotopic (exact) mass is 656 g/mol. The van der Waals surface area contributed by atoms with Gasteiger partial charge < -0.3 is 13.9 Å². The highest BCUT2D eigenvalue weighted by Crippen LogP contribution is 2.34. The Bertz CT molecular complexity index is 1430. The summed E-state index contributed by atoms with van der Waals surface area (Å²) >= 11 is 6.78. The number of aromatic nitrogens is 1. The molecule has 3 heterocycles. The smallest absolute Gasteiger partial charge is 0.338 e. The van der Waals surface area contributed by atoms with Crippen LogP contribution in [0.2, 0.25) is 0 Å². The van der Waals surface area contributed by atoms with Gasteiger partial charge in [-0.3, -0.25) is 9.36 Å². The largest absolute Gasteiger partial charge is 0.497 e. The van der Waals surface area contributed by atoms with Crippen LogP contribution in [0.1, 0.15) is 44.1 Å². The van der Waals surface area contributed by atoms with Gasteiger partial charge in [0.1, 0.15) is 11.5 Å². The molecule has 0 radical (unpaired) electrons. The zero-order valence-electron chi connectivity index (χ0n) is 18.8. The summed E-state index contributed by atoms with van der Waals surface area (Å²) in [5.41, 5.74) is 1.51. The lowest BCUT2D eigenvalue weighted by atomic mass is 9.94. The topological polar surface area (TPSA) is 83.0 Å². The molecule has 1 atom stereocenters. The van der Waals surface area contributed by atoms with Crippen molar-refractivity contribution in [1.29, 1.82) is 0 Å². The van der Waals surface area contributed by atoms with Crippen molar-refractivity contribution in [3.63, 3.8) is 0 Å². The molecule has 0 fully saturated rings. The molecule has 34 heavy (non-hydrogen) atoms. The molecule has 0 amide bonds. The predicted molar refractivity (Wildman–Crippen MR) is 142 cm³/mol. The van der Waals surface area contributed by atoms with Crippen molar-refractivity contribution in [2.75, 3.05) is 13.7 Å². The maximum atomic E-state index is 13.7. The summed E-state index contributed by atoms with van der Waals surface area (Å²) in [5.74, 6) is 0.714. The fourth-order valence-corrected chi connectivity index (χ4v) is 5.53. The highest BCUT2D eigenvalue weighted by Gasteiger charge is 2.34. The van der Waals surface area contributed by atoms with E-state index in [1.54, 1.807) is 24.7 Å². The number of furan rings is 1. The number of carbonyl (C=O) groups is 1. The summed E-state index contributed by atoms with van der Waals surface area (Å²) in [6, 6.07) is 8.51. The van der Waals surface area contributed by atoms with Gasteiger partial charge >= 0.3 is 5.97 Å². The Morgan fingerprint density at radius 2 is 2.15 bits per heavy atom. The van der Waals surface area contributed by atoms with Gasteiger partial charge in [0.25, 0.3) is 5.56 Å². The molecule has 0 spiro atoms. The van der Waals surface area contributed by atoms with Crippen molar-refractivity contribution in [3.05, 3.63) is 80.9 Å². The Kier molecular flexibility index (Phi) is 7.78. The Morgan fingerprint density at radius 1 is 1.35 bits per heavy atom. The summed E-state index contributed by atoms with van der Waals surface area (Å²) < 4.78 is 20.1. The van der Waals surface area contributed by atoms with Gasteiger partial charge in [0.05, 0.1) is 40.0 Å². The SMILES string of the molecule is CCCC1=C(C(=O)OCC)[C@@H](c2cccc(OC)c2)n2c(s/c(=C/c3cc(Br)c(I)o3)c2=O)=N1. The van der Waals surface area contributed by atoms with E-state index in [4.69, 9.17) is 18.9 Å². The Hall–Kier alpha value is -2.18. The summed E-state index contributed by atoms with van der Waals surface area (Å²) in [5, 5.41) is 0. The Labute approximate surface area is 222 Å². The fraction of sp³-hybridized carbons (Fsp3) is 0.292. The van der Waals surface area contributed by atoms with Gasteiger partial charge in [-0.1, -0.05) is 36.8 Å². The van der Waals surface area contributed by atoms with Crippen LogP contribution in [-0.4, -0.2) is 24.3 Å². The zero-order chi connectivity index (χ0) is 24.4. The number of nitrogens with zero attached hydrogens (tertiary/aromatic N) is 2. The van der Waals surface area contributed by atoms with E-state index >= 15 is 0 Å². The highest BCUT2D eigenvalue weighted by atomic mass is 127. The number of rotatable bonds is 7. The summed E-state index contributed by atoms with van der Waals surface area (Å²) in [6.45, 7) is 4.01. The summed E-state index contributed by atoms with van der Waals surface area (Å²) in [4.78, 5) is 32.1. The van der Waals surface area contributed by atoms with Crippen LogP contribution in [0.4, 0.5) is 0 Å². The van der Waals surface area contributed by atoms with E-state index in [1.807, 2.05) is 37.3 Å². The number of carbonyl (C=O) groups excluding carboxylic acids is 1. The third-order valence-electron chi connectivity index (χ3n) is 5.24. The standard InChI is InChI=1S/C24H22BrIN2O5S/c1-4-7-17-19(23(30)32-5-2)20(13-8-6-9-14(10-13)31-3)28-22(29)18(34-24(28)27-17)12-15-11-16(25)21(26)33-15/h6,8-12,20H,4-5,7H2,1-3H3/b18-12+/t20-/m1/s1. The molecular formula is C24H22BrIN2O5S. The molecule has 0 unspecified atom stereocenters. The van der Waals surface area contributed by atoms with Crippen molar-refractivity contribution in [2.45, 2.75) is 32.7 Å². The minimum atomic E-state index is -0.683. The number of esters is 1. The number of hydrogen-bond acceptors (Lipinski definition) is 7. The number of benzene rings is 1. The Morgan fingerprint density at radius 3 is 2.79 bits per heavy atom. The van der Waals surface area contributed by atoms with Crippen LogP contribution < -0.4 is 19.6 Å². The predicted octanol–water partition coefficient (Wildman–Crippen LogP) is 4.55. The molecule has 0 bridgehead atoms. The number of hydrogen-bond donors (Lipinski definition) is 0. The van der Waals surface area contributed by atoms with Crippen LogP contribution >= 0.6 is 49.9 Å². The number of methoxy groups -OCH3 is 1. The van der Waals surface area contributed by atoms with E-state index in [2.05, 4.69) is 38.5 Å². The van der Waals surface area contributed by atoms with Crippen LogP contribution in [0.5, 0.6) is 5.75 Å². The van der Waals surface area contributed by atoms with E-state index in [9.17, 15) is 9.59 Å². The zero-order valence-corrected chi connectivity index (χ0v) is 23.3. The normalized spacial score (nSPS) is 15.8. The molecule has 0 N–H and O–H groups in total. The summed E-state index contributed by atoms with van der Waals surface area (Å²) in [6.07, 6.45) is 3.08. The maximum Gasteiger partial charge on any atom is 0.338 e. The number of thiazole rings is 1. The van der Waals surface area contributed by atoms with E-state index in [0.29, 0.717) is 42.3 Å². The first-order valence-electron chi connectivity index (χ1n) is 10.7. The van der Waals surface area contributed by atoms with Crippen LogP contribution in [0.3, 0.4) is 0 Å². The van der Waals surface area contributed by atoms with Gasteiger partial charge in [-0.15, -0.1) is 0 Å². The average molecular weight is 657 g/mol. The first kappa shape index (κ1) is 24.9. The van der Waals surface area contributed by atoms with Crippen molar-refractivity contribution >= 4 is 61.9 Å². The van der Waals surface area contributed by atoms with Crippen molar-refractivity contribution in [2.24, 2.45) is 4.99 Å². The number of ether oxygens (including phenoxy) is 2. The van der Waals surface area contributed by atoms with E-state index in [1.165, 1.54) is 11.3 Å². The molecule has 2 aromatic heterocycles. The van der Waals surface area contributed by atoms with E-state index in [0.717, 1.165) is 16.5 Å². The molecule has 0 aliphatic carbocycles. The minimum Gasteiger partial charge on any atom is -0.497 e. The highest BCUT2D eigenvalue weighted by molar-refractivity contribution is 14.1. The lowest BCUT2D eigenvalue weighted by Gasteiger charge is -2.26. The molecule has 10 heteroatoms. The lowest BCUT2D eigenvalue weighted by Crippen LogP contribution is -2.40. The molecule has 3 aromatic rings. The molecule has 0 saturated heterocycles. The second-order valence-electron chi connectivity index (χ2n) is 7.46. The molecule has 0 saturated carbocycles. The van der Waals surface area contributed by atoms with E-state index < -0.39 is 12.0 Å². The quantitative estimate of drug-likeness (QED) is 0.275. The van der Waals surface area contributed by atoms with Gasteiger partial charge in [-0.25, -0.2) is 9.79 Å². The van der Waals surface area contributed by atoms with E-state index in [-0.39, 0.29) is 12.2 Å². The van der Waals surface area contributed by atoms with Crippen LogP contribution in [0.15, 0.2) is 60.3 Å². The van der Waals surface area contributed by atoms with Crippen molar-refractivity contribution in [1.82, 2.24) is 4.57 Å². The first-order valence-corrected chi connectivity index (χ1v) is 13.4. The van der Waals surface area contributed by atoms with Gasteiger partial charge in [-0.2, -0.15) is 0 Å². The second kappa shape index (κ2) is 10.6. The fourth-order valence-electron chi connectivity index (χ4n) is 3.81. The lowest BCUT2D eigenvalue weighted by molar-refractivity contribution is -0.139. The molecule has 178 valence electrons. The molecule has 1 aliphatic heterocycles.